The van der Waals surface area contributed by atoms with Crippen molar-refractivity contribution in [3.63, 3.8) is 0 Å². The van der Waals surface area contributed by atoms with Crippen LogP contribution in [0.5, 0.6) is 0 Å². The normalized spacial score (nSPS) is 19.5. The summed E-state index contributed by atoms with van der Waals surface area (Å²) in [5.41, 5.74) is 7.29. The van der Waals surface area contributed by atoms with Gasteiger partial charge < -0.3 is 10.3 Å². The minimum atomic E-state index is 0.377. The summed E-state index contributed by atoms with van der Waals surface area (Å²) in [7, 11) is 0. The molecule has 3 rings (SSSR count). The molecule has 1 atom stereocenters. The van der Waals surface area contributed by atoms with E-state index in [9.17, 15) is 0 Å². The first-order chi connectivity index (χ1) is 9.36. The average Bonchev–Trinajstić information content (AvgIpc) is 2.98. The standard InChI is InChI=1S/C13H16N4OS/c14-8-10-7-9(4-5-15-10)13-16-12(17-18-13)11-3-1-2-6-19-11/h4-5,7,11H,1-3,6,8,14H2. The molecule has 0 aliphatic carbocycles. The number of thioether (sulfide) groups is 1. The summed E-state index contributed by atoms with van der Waals surface area (Å²) in [5.74, 6) is 2.55. The van der Waals surface area contributed by atoms with Crippen LogP contribution in [-0.2, 0) is 6.54 Å². The van der Waals surface area contributed by atoms with Gasteiger partial charge in [0.05, 0.1) is 10.9 Å². The number of nitrogens with two attached hydrogens (primary N) is 1. The van der Waals surface area contributed by atoms with Crippen molar-refractivity contribution in [3.8, 4) is 11.5 Å². The average molecular weight is 276 g/mol. The number of hydrogen-bond donors (Lipinski definition) is 1. The van der Waals surface area contributed by atoms with Crippen LogP contribution in [0.15, 0.2) is 22.9 Å². The molecule has 1 aliphatic rings. The van der Waals surface area contributed by atoms with Gasteiger partial charge in [-0.15, -0.1) is 0 Å². The van der Waals surface area contributed by atoms with Gasteiger partial charge >= 0.3 is 0 Å². The molecule has 2 aromatic heterocycles. The Labute approximate surface area is 116 Å². The molecule has 1 saturated heterocycles. The molecule has 1 fully saturated rings. The van der Waals surface area contributed by atoms with Gasteiger partial charge in [0, 0.05) is 18.3 Å². The van der Waals surface area contributed by atoms with Crippen molar-refractivity contribution in [3.05, 3.63) is 29.8 Å². The smallest absolute Gasteiger partial charge is 0.258 e. The Morgan fingerprint density at radius 2 is 2.37 bits per heavy atom. The zero-order valence-electron chi connectivity index (χ0n) is 10.6. The van der Waals surface area contributed by atoms with Gasteiger partial charge in [-0.3, -0.25) is 4.98 Å². The first-order valence-corrected chi connectivity index (χ1v) is 7.52. The summed E-state index contributed by atoms with van der Waals surface area (Å²) in [4.78, 5) is 8.67. The Morgan fingerprint density at radius 3 is 3.16 bits per heavy atom. The molecule has 0 radical (unpaired) electrons. The molecule has 0 saturated carbocycles. The van der Waals surface area contributed by atoms with E-state index in [1.165, 1.54) is 18.6 Å². The van der Waals surface area contributed by atoms with Crippen LogP contribution in [0.25, 0.3) is 11.5 Å². The van der Waals surface area contributed by atoms with Crippen molar-refractivity contribution in [2.75, 3.05) is 5.75 Å². The highest BCUT2D eigenvalue weighted by atomic mass is 32.2. The Balaban J connectivity index is 1.83. The monoisotopic (exact) mass is 276 g/mol. The highest BCUT2D eigenvalue weighted by Gasteiger charge is 2.21. The van der Waals surface area contributed by atoms with E-state index in [-0.39, 0.29) is 0 Å². The van der Waals surface area contributed by atoms with Crippen molar-refractivity contribution in [2.45, 2.75) is 31.1 Å². The van der Waals surface area contributed by atoms with Gasteiger partial charge in [0.2, 0.25) is 0 Å². The van der Waals surface area contributed by atoms with Gasteiger partial charge in [-0.25, -0.2) is 0 Å². The zero-order valence-corrected chi connectivity index (χ0v) is 11.4. The van der Waals surface area contributed by atoms with Crippen LogP contribution in [0.3, 0.4) is 0 Å². The predicted octanol–water partition coefficient (Wildman–Crippen LogP) is 2.55. The molecule has 5 nitrogen and oxygen atoms in total. The minimum Gasteiger partial charge on any atom is -0.334 e. The van der Waals surface area contributed by atoms with Gasteiger partial charge in [-0.2, -0.15) is 16.7 Å². The Kier molecular flexibility index (Phi) is 3.79. The molecule has 3 heterocycles. The van der Waals surface area contributed by atoms with Crippen LogP contribution in [-0.4, -0.2) is 20.9 Å². The second-order valence-corrected chi connectivity index (χ2v) is 5.86. The molecule has 0 spiro atoms. The molecule has 6 heteroatoms. The number of nitrogens with zero attached hydrogens (tertiary/aromatic N) is 3. The van der Waals surface area contributed by atoms with E-state index in [2.05, 4.69) is 15.1 Å². The van der Waals surface area contributed by atoms with Crippen molar-refractivity contribution < 1.29 is 4.52 Å². The summed E-state index contributed by atoms with van der Waals surface area (Å²) < 4.78 is 5.36. The lowest BCUT2D eigenvalue weighted by Crippen LogP contribution is -2.03. The first-order valence-electron chi connectivity index (χ1n) is 6.47. The largest absolute Gasteiger partial charge is 0.334 e. The van der Waals surface area contributed by atoms with Gasteiger partial charge in [0.25, 0.3) is 5.89 Å². The van der Waals surface area contributed by atoms with E-state index in [4.69, 9.17) is 10.3 Å². The van der Waals surface area contributed by atoms with E-state index in [0.717, 1.165) is 23.5 Å². The Hall–Kier alpha value is -1.40. The number of aromatic nitrogens is 3. The maximum absolute atomic E-state index is 5.59. The summed E-state index contributed by atoms with van der Waals surface area (Å²) in [6.07, 6.45) is 5.38. The lowest BCUT2D eigenvalue weighted by Gasteiger charge is -2.17. The molecule has 0 aromatic carbocycles. The summed E-state index contributed by atoms with van der Waals surface area (Å²) in [5, 5.41) is 4.49. The molecular formula is C13H16N4OS. The first kappa shape index (κ1) is 12.6. The quantitative estimate of drug-likeness (QED) is 0.928. The fourth-order valence-electron chi connectivity index (χ4n) is 2.15. The lowest BCUT2D eigenvalue weighted by molar-refractivity contribution is 0.420. The molecule has 1 aliphatic heterocycles. The fraction of sp³-hybridized carbons (Fsp3) is 0.462. The van der Waals surface area contributed by atoms with E-state index < -0.39 is 0 Å². The van der Waals surface area contributed by atoms with Crippen LogP contribution >= 0.6 is 11.8 Å². The van der Waals surface area contributed by atoms with Crippen molar-refractivity contribution in [2.24, 2.45) is 5.73 Å². The zero-order chi connectivity index (χ0) is 13.1. The third kappa shape index (κ3) is 2.79. The Morgan fingerprint density at radius 1 is 1.42 bits per heavy atom. The molecular weight excluding hydrogens is 260 g/mol. The summed E-state index contributed by atoms with van der Waals surface area (Å²) >= 11 is 1.92. The van der Waals surface area contributed by atoms with Crippen LogP contribution in [0.1, 0.15) is 36.0 Å². The number of hydrogen-bond acceptors (Lipinski definition) is 6. The van der Waals surface area contributed by atoms with E-state index >= 15 is 0 Å². The minimum absolute atomic E-state index is 0.377. The van der Waals surface area contributed by atoms with Crippen molar-refractivity contribution >= 4 is 11.8 Å². The van der Waals surface area contributed by atoms with Crippen LogP contribution < -0.4 is 5.73 Å². The lowest BCUT2D eigenvalue weighted by atomic mass is 10.2. The maximum Gasteiger partial charge on any atom is 0.258 e. The van der Waals surface area contributed by atoms with Crippen LogP contribution in [0.4, 0.5) is 0 Å². The van der Waals surface area contributed by atoms with Crippen molar-refractivity contribution in [1.29, 1.82) is 0 Å². The summed E-state index contributed by atoms with van der Waals surface area (Å²) in [6, 6.07) is 3.76. The molecule has 100 valence electrons. The van der Waals surface area contributed by atoms with E-state index in [1.54, 1.807) is 6.20 Å². The van der Waals surface area contributed by atoms with Crippen LogP contribution in [0, 0.1) is 0 Å². The number of rotatable bonds is 3. The van der Waals surface area contributed by atoms with E-state index in [0.29, 0.717) is 17.7 Å². The maximum atomic E-state index is 5.59. The molecule has 2 aromatic rings. The molecule has 0 amide bonds. The van der Waals surface area contributed by atoms with Gasteiger partial charge in [-0.1, -0.05) is 11.6 Å². The second-order valence-electron chi connectivity index (χ2n) is 4.55. The molecule has 0 bridgehead atoms. The summed E-state index contributed by atoms with van der Waals surface area (Å²) in [6.45, 7) is 0.410. The van der Waals surface area contributed by atoms with Crippen molar-refractivity contribution in [1.82, 2.24) is 15.1 Å². The second kappa shape index (κ2) is 5.71. The topological polar surface area (TPSA) is 77.8 Å². The Bertz CT molecular complexity index is 551. The number of pyridine rings is 1. The van der Waals surface area contributed by atoms with Gasteiger partial charge in [0.1, 0.15) is 0 Å². The highest BCUT2D eigenvalue weighted by molar-refractivity contribution is 7.99. The fourth-order valence-corrected chi connectivity index (χ4v) is 3.38. The third-order valence-electron chi connectivity index (χ3n) is 3.18. The van der Waals surface area contributed by atoms with Gasteiger partial charge in [-0.05, 0) is 30.7 Å². The molecule has 2 N–H and O–H groups in total. The van der Waals surface area contributed by atoms with Crippen LogP contribution in [0.2, 0.25) is 0 Å². The molecule has 1 unspecified atom stereocenters. The SMILES string of the molecule is NCc1cc(-c2nc(C3CCCCS3)no2)ccn1. The predicted molar refractivity (Wildman–Crippen MR) is 74.5 cm³/mol. The molecule has 19 heavy (non-hydrogen) atoms. The highest BCUT2D eigenvalue weighted by Crippen LogP contribution is 2.37. The third-order valence-corrected chi connectivity index (χ3v) is 4.56. The van der Waals surface area contributed by atoms with E-state index in [1.807, 2.05) is 23.9 Å². The van der Waals surface area contributed by atoms with Gasteiger partial charge in [0.15, 0.2) is 5.82 Å².